The van der Waals surface area contributed by atoms with Gasteiger partial charge in [-0.25, -0.2) is 4.79 Å². The predicted octanol–water partition coefficient (Wildman–Crippen LogP) is 2.24. The molecular formula is C16H12O5. The van der Waals surface area contributed by atoms with Crippen LogP contribution in [0.1, 0.15) is 31.8 Å². The van der Waals surface area contributed by atoms with Gasteiger partial charge in [-0.15, -0.1) is 0 Å². The minimum atomic E-state index is -1.23. The molecule has 106 valence electrons. The van der Waals surface area contributed by atoms with Crippen LogP contribution in [-0.4, -0.2) is 27.9 Å². The first kappa shape index (κ1) is 14.5. The maximum atomic E-state index is 12.4. The average Bonchev–Trinajstić information content (AvgIpc) is 2.46. The van der Waals surface area contributed by atoms with Crippen molar-refractivity contribution < 1.29 is 24.6 Å². The van der Waals surface area contributed by atoms with Crippen LogP contribution >= 0.6 is 0 Å². The Labute approximate surface area is 120 Å². The van der Waals surface area contributed by atoms with Gasteiger partial charge in [-0.05, 0) is 17.7 Å². The summed E-state index contributed by atoms with van der Waals surface area (Å²) in [5.74, 6) is -2.72. The number of benzene rings is 2. The molecule has 21 heavy (non-hydrogen) atoms. The van der Waals surface area contributed by atoms with E-state index in [0.29, 0.717) is 11.1 Å². The third-order valence-corrected chi connectivity index (χ3v) is 2.95. The summed E-state index contributed by atoms with van der Waals surface area (Å²) in [4.78, 5) is 34.4. The van der Waals surface area contributed by atoms with Crippen molar-refractivity contribution in [2.45, 2.75) is 6.42 Å². The molecule has 0 aromatic heterocycles. The van der Waals surface area contributed by atoms with Crippen molar-refractivity contribution in [3.05, 3.63) is 70.8 Å². The second-order valence-corrected chi connectivity index (χ2v) is 4.45. The fourth-order valence-corrected chi connectivity index (χ4v) is 2.00. The van der Waals surface area contributed by atoms with Gasteiger partial charge in [0, 0.05) is 11.1 Å². The standard InChI is InChI=1S/C16H12O5/c17-14(18)9-10-6-7-12(16(20)21)13(8-10)15(19)11-4-2-1-3-5-11/h1-8H,9H2,(H,17,18)(H,20,21). The zero-order valence-corrected chi connectivity index (χ0v) is 10.9. The monoisotopic (exact) mass is 284 g/mol. The van der Waals surface area contributed by atoms with Crippen LogP contribution in [0.25, 0.3) is 0 Å². The largest absolute Gasteiger partial charge is 0.481 e. The molecule has 0 unspecified atom stereocenters. The summed E-state index contributed by atoms with van der Waals surface area (Å²) >= 11 is 0. The molecule has 0 saturated heterocycles. The average molecular weight is 284 g/mol. The number of carboxylic acid groups (broad SMARTS) is 2. The Morgan fingerprint density at radius 1 is 0.857 bits per heavy atom. The summed E-state index contributed by atoms with van der Waals surface area (Å²) < 4.78 is 0. The second kappa shape index (κ2) is 6.00. The Morgan fingerprint density at radius 3 is 2.10 bits per heavy atom. The minimum Gasteiger partial charge on any atom is -0.481 e. The van der Waals surface area contributed by atoms with E-state index in [2.05, 4.69) is 0 Å². The first-order valence-corrected chi connectivity index (χ1v) is 6.17. The number of rotatable bonds is 5. The number of carboxylic acids is 2. The minimum absolute atomic E-state index is 0.00699. The molecule has 0 amide bonds. The molecule has 5 nitrogen and oxygen atoms in total. The van der Waals surface area contributed by atoms with Gasteiger partial charge >= 0.3 is 11.9 Å². The summed E-state index contributed by atoms with van der Waals surface area (Å²) in [6.07, 6.45) is -0.269. The third kappa shape index (κ3) is 3.33. The van der Waals surface area contributed by atoms with Gasteiger partial charge in [-0.2, -0.15) is 0 Å². The van der Waals surface area contributed by atoms with Gasteiger partial charge in [0.05, 0.1) is 12.0 Å². The maximum Gasteiger partial charge on any atom is 0.336 e. The molecular weight excluding hydrogens is 272 g/mol. The number of carbonyl (C=O) groups is 3. The first-order chi connectivity index (χ1) is 9.99. The molecule has 2 N–H and O–H groups in total. The van der Waals surface area contributed by atoms with Crippen molar-refractivity contribution in [3.63, 3.8) is 0 Å². The summed E-state index contributed by atoms with van der Waals surface area (Å²) in [5.41, 5.74) is 0.588. The number of hydrogen-bond acceptors (Lipinski definition) is 3. The molecule has 0 aliphatic carbocycles. The number of aliphatic carboxylic acids is 1. The fraction of sp³-hybridized carbons (Fsp3) is 0.0625. The zero-order chi connectivity index (χ0) is 15.4. The third-order valence-electron chi connectivity index (χ3n) is 2.95. The molecule has 2 rings (SSSR count). The molecule has 0 aliphatic heterocycles. The van der Waals surface area contributed by atoms with Crippen molar-refractivity contribution in [1.29, 1.82) is 0 Å². The number of hydrogen-bond donors (Lipinski definition) is 2. The van der Waals surface area contributed by atoms with Gasteiger partial charge in [0.15, 0.2) is 5.78 Å². The van der Waals surface area contributed by atoms with Gasteiger partial charge in [-0.3, -0.25) is 9.59 Å². The van der Waals surface area contributed by atoms with Crippen LogP contribution in [0.5, 0.6) is 0 Å². The van der Waals surface area contributed by atoms with Crippen molar-refractivity contribution in [2.75, 3.05) is 0 Å². The lowest BCUT2D eigenvalue weighted by molar-refractivity contribution is -0.136. The summed E-state index contributed by atoms with van der Waals surface area (Å²) in [6.45, 7) is 0. The Hall–Kier alpha value is -2.95. The highest BCUT2D eigenvalue weighted by molar-refractivity contribution is 6.14. The van der Waals surface area contributed by atoms with Crippen LogP contribution in [0, 0.1) is 0 Å². The highest BCUT2D eigenvalue weighted by Crippen LogP contribution is 2.17. The molecule has 0 radical (unpaired) electrons. The van der Waals surface area contributed by atoms with Crippen molar-refractivity contribution in [3.8, 4) is 0 Å². The molecule has 0 saturated carbocycles. The van der Waals surface area contributed by atoms with Gasteiger partial charge in [0.1, 0.15) is 0 Å². The lowest BCUT2D eigenvalue weighted by atomic mass is 9.95. The second-order valence-electron chi connectivity index (χ2n) is 4.45. The Morgan fingerprint density at radius 2 is 1.52 bits per heavy atom. The van der Waals surface area contributed by atoms with E-state index < -0.39 is 17.7 Å². The van der Waals surface area contributed by atoms with Gasteiger partial charge in [-0.1, -0.05) is 36.4 Å². The van der Waals surface area contributed by atoms with Crippen molar-refractivity contribution in [2.24, 2.45) is 0 Å². The quantitative estimate of drug-likeness (QED) is 0.821. The van der Waals surface area contributed by atoms with Crippen LogP contribution in [-0.2, 0) is 11.2 Å². The topological polar surface area (TPSA) is 91.7 Å². The van der Waals surface area contributed by atoms with Crippen LogP contribution in [0.4, 0.5) is 0 Å². The highest BCUT2D eigenvalue weighted by Gasteiger charge is 2.19. The van der Waals surface area contributed by atoms with Crippen LogP contribution in [0.3, 0.4) is 0 Å². The SMILES string of the molecule is O=C(O)Cc1ccc(C(=O)O)c(C(=O)c2ccccc2)c1. The highest BCUT2D eigenvalue weighted by atomic mass is 16.4. The molecule has 0 atom stereocenters. The summed E-state index contributed by atoms with van der Waals surface area (Å²) in [5, 5.41) is 18.0. The molecule has 2 aromatic carbocycles. The number of aromatic carboxylic acids is 1. The Kier molecular flexibility index (Phi) is 4.13. The normalized spacial score (nSPS) is 10.1. The van der Waals surface area contributed by atoms with E-state index in [9.17, 15) is 14.4 Å². The lowest BCUT2D eigenvalue weighted by Gasteiger charge is -2.07. The lowest BCUT2D eigenvalue weighted by Crippen LogP contribution is -2.11. The maximum absolute atomic E-state index is 12.4. The van der Waals surface area contributed by atoms with Gasteiger partial charge < -0.3 is 10.2 Å². The van der Waals surface area contributed by atoms with E-state index >= 15 is 0 Å². The molecule has 2 aromatic rings. The number of ketones is 1. The fourth-order valence-electron chi connectivity index (χ4n) is 2.00. The van der Waals surface area contributed by atoms with Crippen molar-refractivity contribution >= 4 is 17.7 Å². The molecule has 0 heterocycles. The molecule has 0 bridgehead atoms. The molecule has 0 aliphatic rings. The first-order valence-electron chi connectivity index (χ1n) is 6.17. The van der Waals surface area contributed by atoms with E-state index in [1.165, 1.54) is 18.2 Å². The predicted molar refractivity (Wildman–Crippen MR) is 74.6 cm³/mol. The van der Waals surface area contributed by atoms with Crippen molar-refractivity contribution in [1.82, 2.24) is 0 Å². The van der Waals surface area contributed by atoms with E-state index in [4.69, 9.17) is 10.2 Å². The Balaban J connectivity index is 2.51. The van der Waals surface area contributed by atoms with E-state index in [0.717, 1.165) is 0 Å². The summed E-state index contributed by atoms with van der Waals surface area (Å²) in [7, 11) is 0. The molecule has 5 heteroatoms. The van der Waals surface area contributed by atoms with Gasteiger partial charge in [0.2, 0.25) is 0 Å². The molecule has 0 spiro atoms. The Bertz CT molecular complexity index is 704. The van der Waals surface area contributed by atoms with Gasteiger partial charge in [0.25, 0.3) is 0 Å². The van der Waals surface area contributed by atoms with Crippen LogP contribution < -0.4 is 0 Å². The smallest absolute Gasteiger partial charge is 0.336 e. The van der Waals surface area contributed by atoms with E-state index in [-0.39, 0.29) is 17.5 Å². The molecule has 0 fully saturated rings. The van der Waals surface area contributed by atoms with Crippen LogP contribution in [0.2, 0.25) is 0 Å². The van der Waals surface area contributed by atoms with E-state index in [1.54, 1.807) is 30.3 Å². The number of carbonyl (C=O) groups excluding carboxylic acids is 1. The zero-order valence-electron chi connectivity index (χ0n) is 10.9. The summed E-state index contributed by atoms with van der Waals surface area (Å²) in [6, 6.07) is 12.2. The van der Waals surface area contributed by atoms with E-state index in [1.807, 2.05) is 0 Å². The van der Waals surface area contributed by atoms with Crippen LogP contribution in [0.15, 0.2) is 48.5 Å².